The van der Waals surface area contributed by atoms with Crippen LogP contribution in [0, 0.1) is 5.92 Å². The number of nitrogens with zero attached hydrogens (tertiary/aromatic N) is 3. The van der Waals surface area contributed by atoms with Crippen LogP contribution in [0.25, 0.3) is 11.0 Å². The van der Waals surface area contributed by atoms with Gasteiger partial charge in [0.05, 0.1) is 12.2 Å². The third-order valence-corrected chi connectivity index (χ3v) is 4.82. The van der Waals surface area contributed by atoms with Gasteiger partial charge >= 0.3 is 0 Å². The van der Waals surface area contributed by atoms with E-state index in [1.165, 1.54) is 12.8 Å². The van der Waals surface area contributed by atoms with Crippen LogP contribution >= 0.6 is 0 Å². The maximum absolute atomic E-state index is 12.2. The number of hydrogen-bond donors (Lipinski definition) is 1. The lowest BCUT2D eigenvalue weighted by Gasteiger charge is -2.13. The van der Waals surface area contributed by atoms with Crippen molar-refractivity contribution in [2.24, 2.45) is 5.92 Å². The maximum Gasteiger partial charge on any atom is 0.262 e. The van der Waals surface area contributed by atoms with Crippen LogP contribution in [0.15, 0.2) is 11.0 Å². The van der Waals surface area contributed by atoms with Crippen LogP contribution in [0.3, 0.4) is 0 Å². The standard InChI is InChI=1S/C16H24N4O/c1-3-11(4-2)9-14-18-15-13(16(21)19-14)10-17-20(15)12-7-5-6-8-12/h10-12H,3-9H2,1-2H3,(H,18,19,21). The molecule has 0 aromatic carbocycles. The first-order valence-electron chi connectivity index (χ1n) is 8.19. The van der Waals surface area contributed by atoms with Gasteiger partial charge in [-0.2, -0.15) is 5.10 Å². The lowest BCUT2D eigenvalue weighted by Crippen LogP contribution is -2.16. The first kappa shape index (κ1) is 14.3. The maximum atomic E-state index is 12.2. The molecule has 0 radical (unpaired) electrons. The molecule has 2 heterocycles. The summed E-state index contributed by atoms with van der Waals surface area (Å²) in [7, 11) is 0. The van der Waals surface area contributed by atoms with Crippen molar-refractivity contribution < 1.29 is 0 Å². The summed E-state index contributed by atoms with van der Waals surface area (Å²) < 4.78 is 1.98. The predicted molar refractivity (Wildman–Crippen MR) is 83.4 cm³/mol. The van der Waals surface area contributed by atoms with Crippen LogP contribution in [-0.4, -0.2) is 19.7 Å². The molecule has 1 N–H and O–H groups in total. The molecule has 1 fully saturated rings. The van der Waals surface area contributed by atoms with E-state index >= 15 is 0 Å². The molecule has 0 bridgehead atoms. The molecule has 5 nitrogen and oxygen atoms in total. The third kappa shape index (κ3) is 2.74. The molecular formula is C16H24N4O. The lowest BCUT2D eigenvalue weighted by molar-refractivity contribution is 0.469. The first-order valence-corrected chi connectivity index (χ1v) is 8.19. The summed E-state index contributed by atoms with van der Waals surface area (Å²) in [6.45, 7) is 4.38. The van der Waals surface area contributed by atoms with Crippen LogP contribution in [0.2, 0.25) is 0 Å². The van der Waals surface area contributed by atoms with Crippen LogP contribution in [0.5, 0.6) is 0 Å². The Kier molecular flexibility index (Phi) is 4.08. The molecule has 2 aromatic heterocycles. The third-order valence-electron chi connectivity index (χ3n) is 4.82. The largest absolute Gasteiger partial charge is 0.310 e. The van der Waals surface area contributed by atoms with E-state index in [2.05, 4.69) is 23.9 Å². The topological polar surface area (TPSA) is 63.6 Å². The molecule has 1 saturated carbocycles. The average Bonchev–Trinajstić information content (AvgIpc) is 3.13. The quantitative estimate of drug-likeness (QED) is 0.918. The smallest absolute Gasteiger partial charge is 0.262 e. The van der Waals surface area contributed by atoms with Gasteiger partial charge in [0, 0.05) is 6.42 Å². The molecule has 114 valence electrons. The second kappa shape index (κ2) is 6.00. The SMILES string of the molecule is CCC(CC)Cc1nc2c(cnn2C2CCCC2)c(=O)[nH]1. The van der Waals surface area contributed by atoms with Crippen molar-refractivity contribution in [3.63, 3.8) is 0 Å². The van der Waals surface area contributed by atoms with Crippen LogP contribution in [0.4, 0.5) is 0 Å². The zero-order valence-corrected chi connectivity index (χ0v) is 12.9. The van der Waals surface area contributed by atoms with Gasteiger partial charge in [0.2, 0.25) is 0 Å². The summed E-state index contributed by atoms with van der Waals surface area (Å²) in [5.41, 5.74) is 0.719. The Labute approximate surface area is 124 Å². The molecule has 2 aromatic rings. The Hall–Kier alpha value is -1.65. The minimum absolute atomic E-state index is 0.0507. The minimum Gasteiger partial charge on any atom is -0.310 e. The van der Waals surface area contributed by atoms with E-state index < -0.39 is 0 Å². The summed E-state index contributed by atoms with van der Waals surface area (Å²) in [6.07, 6.45) is 9.51. The second-order valence-electron chi connectivity index (χ2n) is 6.16. The highest BCUT2D eigenvalue weighted by atomic mass is 16.1. The van der Waals surface area contributed by atoms with Gasteiger partial charge in [-0.15, -0.1) is 0 Å². The number of aromatic nitrogens is 4. The molecule has 0 amide bonds. The predicted octanol–water partition coefficient (Wildman–Crippen LogP) is 3.21. The summed E-state index contributed by atoms with van der Waals surface area (Å²) in [6, 6.07) is 0.415. The number of rotatable bonds is 5. The fourth-order valence-electron chi connectivity index (χ4n) is 3.35. The summed E-state index contributed by atoms with van der Waals surface area (Å²) in [4.78, 5) is 19.9. The lowest BCUT2D eigenvalue weighted by atomic mass is 9.99. The second-order valence-corrected chi connectivity index (χ2v) is 6.16. The zero-order chi connectivity index (χ0) is 14.8. The normalized spacial score (nSPS) is 16.3. The zero-order valence-electron chi connectivity index (χ0n) is 12.9. The molecule has 0 saturated heterocycles. The number of nitrogens with one attached hydrogen (secondary N) is 1. The number of aromatic amines is 1. The Morgan fingerprint density at radius 2 is 2.05 bits per heavy atom. The van der Waals surface area contributed by atoms with Gasteiger partial charge in [-0.1, -0.05) is 39.5 Å². The van der Waals surface area contributed by atoms with Gasteiger partial charge in [0.15, 0.2) is 5.65 Å². The van der Waals surface area contributed by atoms with Crippen LogP contribution < -0.4 is 5.56 Å². The van der Waals surface area contributed by atoms with Gasteiger partial charge < -0.3 is 4.98 Å². The van der Waals surface area contributed by atoms with E-state index in [0.717, 1.165) is 43.6 Å². The van der Waals surface area contributed by atoms with E-state index in [-0.39, 0.29) is 5.56 Å². The van der Waals surface area contributed by atoms with E-state index in [1.54, 1.807) is 6.20 Å². The van der Waals surface area contributed by atoms with Crippen LogP contribution in [0.1, 0.15) is 64.2 Å². The number of fused-ring (bicyclic) bond motifs is 1. The molecule has 0 atom stereocenters. The Bertz CT molecular complexity index is 662. The molecular weight excluding hydrogens is 264 g/mol. The van der Waals surface area contributed by atoms with Gasteiger partial charge in [-0.25, -0.2) is 9.67 Å². The van der Waals surface area contributed by atoms with Crippen molar-refractivity contribution in [3.05, 3.63) is 22.4 Å². The Balaban J connectivity index is 2.00. The average molecular weight is 288 g/mol. The van der Waals surface area contributed by atoms with E-state index in [9.17, 15) is 4.79 Å². The van der Waals surface area contributed by atoms with Gasteiger partial charge in [-0.3, -0.25) is 4.79 Å². The summed E-state index contributed by atoms with van der Waals surface area (Å²) in [5.74, 6) is 1.38. The highest BCUT2D eigenvalue weighted by Crippen LogP contribution is 2.30. The molecule has 0 unspecified atom stereocenters. The Morgan fingerprint density at radius 1 is 1.33 bits per heavy atom. The molecule has 1 aliphatic rings. The van der Waals surface area contributed by atoms with Crippen molar-refractivity contribution in [2.75, 3.05) is 0 Å². The van der Waals surface area contributed by atoms with Gasteiger partial charge in [0.25, 0.3) is 5.56 Å². The molecule has 0 spiro atoms. The molecule has 1 aliphatic carbocycles. The van der Waals surface area contributed by atoms with Crippen molar-refractivity contribution >= 4 is 11.0 Å². The molecule has 0 aliphatic heterocycles. The van der Waals surface area contributed by atoms with Crippen molar-refractivity contribution in [3.8, 4) is 0 Å². The van der Waals surface area contributed by atoms with Crippen molar-refractivity contribution in [1.82, 2.24) is 19.7 Å². The fraction of sp³-hybridized carbons (Fsp3) is 0.688. The summed E-state index contributed by atoms with van der Waals surface area (Å²) >= 11 is 0. The van der Waals surface area contributed by atoms with Crippen molar-refractivity contribution in [1.29, 1.82) is 0 Å². The fourth-order valence-corrected chi connectivity index (χ4v) is 3.35. The van der Waals surface area contributed by atoms with Gasteiger partial charge in [-0.05, 0) is 18.8 Å². The Morgan fingerprint density at radius 3 is 2.71 bits per heavy atom. The molecule has 3 rings (SSSR count). The monoisotopic (exact) mass is 288 g/mol. The first-order chi connectivity index (χ1) is 10.2. The molecule has 5 heteroatoms. The van der Waals surface area contributed by atoms with E-state index in [1.807, 2.05) is 4.68 Å². The van der Waals surface area contributed by atoms with Crippen LogP contribution in [-0.2, 0) is 6.42 Å². The highest BCUT2D eigenvalue weighted by Gasteiger charge is 2.21. The highest BCUT2D eigenvalue weighted by molar-refractivity contribution is 5.73. The van der Waals surface area contributed by atoms with Crippen molar-refractivity contribution in [2.45, 2.75) is 64.8 Å². The summed E-state index contributed by atoms with van der Waals surface area (Å²) in [5, 5.41) is 5.05. The number of hydrogen-bond acceptors (Lipinski definition) is 3. The van der Waals surface area contributed by atoms with E-state index in [4.69, 9.17) is 4.98 Å². The van der Waals surface area contributed by atoms with Gasteiger partial charge in [0.1, 0.15) is 11.2 Å². The minimum atomic E-state index is -0.0507. The molecule has 21 heavy (non-hydrogen) atoms. The number of H-pyrrole nitrogens is 1. The van der Waals surface area contributed by atoms with E-state index in [0.29, 0.717) is 17.3 Å².